The van der Waals surface area contributed by atoms with E-state index in [2.05, 4.69) is 27.4 Å². The van der Waals surface area contributed by atoms with E-state index in [1.807, 2.05) is 24.4 Å². The molecular formula is C16H17N3O. The zero-order valence-corrected chi connectivity index (χ0v) is 11.2. The van der Waals surface area contributed by atoms with Gasteiger partial charge < -0.3 is 10.1 Å². The van der Waals surface area contributed by atoms with Gasteiger partial charge in [0.2, 0.25) is 0 Å². The first-order chi connectivity index (χ1) is 9.90. The summed E-state index contributed by atoms with van der Waals surface area (Å²) in [5, 5.41) is 3.43. The molecule has 4 heteroatoms. The van der Waals surface area contributed by atoms with Gasteiger partial charge in [0.1, 0.15) is 11.5 Å². The first kappa shape index (κ1) is 12.8. The topological polar surface area (TPSA) is 47.0 Å². The summed E-state index contributed by atoms with van der Waals surface area (Å²) in [6.07, 6.45) is 13.7. The van der Waals surface area contributed by atoms with Gasteiger partial charge in [0.05, 0.1) is 12.4 Å². The van der Waals surface area contributed by atoms with Crippen molar-refractivity contribution in [1.29, 1.82) is 0 Å². The predicted octanol–water partition coefficient (Wildman–Crippen LogP) is 3.03. The maximum absolute atomic E-state index is 5.72. The lowest BCUT2D eigenvalue weighted by Gasteiger charge is -2.05. The molecule has 0 unspecified atom stereocenters. The first-order valence-electron chi connectivity index (χ1n) is 6.85. The molecule has 1 fully saturated rings. The fourth-order valence-corrected chi connectivity index (χ4v) is 2.23. The third kappa shape index (κ3) is 3.42. The molecule has 1 saturated heterocycles. The third-order valence-electron chi connectivity index (χ3n) is 3.22. The van der Waals surface area contributed by atoms with Crippen LogP contribution >= 0.6 is 0 Å². The van der Waals surface area contributed by atoms with Crippen molar-refractivity contribution in [1.82, 2.24) is 15.3 Å². The van der Waals surface area contributed by atoms with Crippen LogP contribution in [0.5, 0.6) is 11.5 Å². The van der Waals surface area contributed by atoms with Crippen LogP contribution in [-0.4, -0.2) is 22.6 Å². The van der Waals surface area contributed by atoms with Gasteiger partial charge in [0.15, 0.2) is 0 Å². The lowest BCUT2D eigenvalue weighted by atomic mass is 10.2. The molecule has 2 aromatic rings. The molecule has 1 aliphatic rings. The number of ether oxygens (including phenoxy) is 1. The summed E-state index contributed by atoms with van der Waals surface area (Å²) < 4.78 is 5.72. The molecule has 0 saturated carbocycles. The lowest BCUT2D eigenvalue weighted by Crippen LogP contribution is -2.17. The number of rotatable bonds is 4. The number of hydrogen-bond donors (Lipinski definition) is 1. The van der Waals surface area contributed by atoms with Gasteiger partial charge in [-0.05, 0) is 43.1 Å². The molecule has 0 aliphatic carbocycles. The SMILES string of the molecule is C(=C[C@H]1CCCN1)c1cncc(Oc2cccnc2)c1. The second-order valence-electron chi connectivity index (χ2n) is 4.81. The van der Waals surface area contributed by atoms with Crippen LogP contribution < -0.4 is 10.1 Å². The highest BCUT2D eigenvalue weighted by Gasteiger charge is 2.09. The minimum Gasteiger partial charge on any atom is -0.454 e. The molecule has 2 aromatic heterocycles. The van der Waals surface area contributed by atoms with Gasteiger partial charge in [0.25, 0.3) is 0 Å². The molecule has 0 spiro atoms. The van der Waals surface area contributed by atoms with Crippen molar-refractivity contribution >= 4 is 6.08 Å². The molecule has 20 heavy (non-hydrogen) atoms. The van der Waals surface area contributed by atoms with Gasteiger partial charge in [0, 0.05) is 18.4 Å². The Morgan fingerprint density at radius 1 is 1.20 bits per heavy atom. The van der Waals surface area contributed by atoms with Gasteiger partial charge in [-0.15, -0.1) is 0 Å². The van der Waals surface area contributed by atoms with Crippen LogP contribution in [0.25, 0.3) is 6.08 Å². The van der Waals surface area contributed by atoms with Crippen LogP contribution in [0, 0.1) is 0 Å². The molecule has 0 radical (unpaired) electrons. The predicted molar refractivity (Wildman–Crippen MR) is 78.6 cm³/mol. The second kappa shape index (κ2) is 6.30. The lowest BCUT2D eigenvalue weighted by molar-refractivity contribution is 0.478. The summed E-state index contributed by atoms with van der Waals surface area (Å²) in [6.45, 7) is 1.11. The van der Waals surface area contributed by atoms with Gasteiger partial charge in [-0.3, -0.25) is 9.97 Å². The molecule has 4 nitrogen and oxygen atoms in total. The molecule has 1 aliphatic heterocycles. The van der Waals surface area contributed by atoms with Crippen molar-refractivity contribution in [3.63, 3.8) is 0 Å². The average Bonchev–Trinajstić information content (AvgIpc) is 3.00. The molecular weight excluding hydrogens is 250 g/mol. The fraction of sp³-hybridized carbons (Fsp3) is 0.250. The average molecular weight is 267 g/mol. The Labute approximate surface area is 118 Å². The Balaban J connectivity index is 1.69. The molecule has 1 atom stereocenters. The van der Waals surface area contributed by atoms with Crippen molar-refractivity contribution < 1.29 is 4.74 Å². The molecule has 102 valence electrons. The van der Waals surface area contributed by atoms with E-state index in [4.69, 9.17) is 4.74 Å². The van der Waals surface area contributed by atoms with Crippen molar-refractivity contribution in [2.45, 2.75) is 18.9 Å². The van der Waals surface area contributed by atoms with Gasteiger partial charge >= 0.3 is 0 Å². The minimum atomic E-state index is 0.484. The third-order valence-corrected chi connectivity index (χ3v) is 3.22. The molecule has 1 N–H and O–H groups in total. The smallest absolute Gasteiger partial charge is 0.146 e. The highest BCUT2D eigenvalue weighted by molar-refractivity contribution is 5.51. The second-order valence-corrected chi connectivity index (χ2v) is 4.81. The summed E-state index contributed by atoms with van der Waals surface area (Å²) in [5.41, 5.74) is 1.04. The van der Waals surface area contributed by atoms with E-state index in [9.17, 15) is 0 Å². The van der Waals surface area contributed by atoms with E-state index in [-0.39, 0.29) is 0 Å². The van der Waals surface area contributed by atoms with E-state index >= 15 is 0 Å². The number of pyridine rings is 2. The van der Waals surface area contributed by atoms with Crippen LogP contribution in [0.1, 0.15) is 18.4 Å². The Hall–Kier alpha value is -2.20. The van der Waals surface area contributed by atoms with Crippen LogP contribution in [-0.2, 0) is 0 Å². The molecule has 3 heterocycles. The molecule has 3 rings (SSSR count). The zero-order chi connectivity index (χ0) is 13.6. The van der Waals surface area contributed by atoms with Gasteiger partial charge in [-0.1, -0.05) is 12.2 Å². The Morgan fingerprint density at radius 3 is 2.95 bits per heavy atom. The van der Waals surface area contributed by atoms with Gasteiger partial charge in [-0.25, -0.2) is 0 Å². The van der Waals surface area contributed by atoms with E-state index in [1.54, 1.807) is 18.6 Å². The Bertz CT molecular complexity index is 577. The maximum atomic E-state index is 5.72. The van der Waals surface area contributed by atoms with E-state index in [0.717, 1.165) is 17.9 Å². The molecule has 0 bridgehead atoms. The standard InChI is InChI=1S/C16H17N3O/c1-3-14(19-8-1)6-5-13-9-16(12-18-10-13)20-15-4-2-7-17-11-15/h2,4-7,9-12,14,19H,1,3,8H2/t14-/m1/s1. The quantitative estimate of drug-likeness (QED) is 0.925. The zero-order valence-electron chi connectivity index (χ0n) is 11.2. The van der Waals surface area contributed by atoms with Crippen molar-refractivity contribution in [2.75, 3.05) is 6.54 Å². The highest BCUT2D eigenvalue weighted by atomic mass is 16.5. The Kier molecular flexibility index (Phi) is 4.04. The molecule has 0 aromatic carbocycles. The summed E-state index contributed by atoms with van der Waals surface area (Å²) >= 11 is 0. The van der Waals surface area contributed by atoms with Crippen molar-refractivity contribution in [3.8, 4) is 11.5 Å². The monoisotopic (exact) mass is 267 g/mol. The normalized spacial score (nSPS) is 18.5. The first-order valence-corrected chi connectivity index (χ1v) is 6.85. The highest BCUT2D eigenvalue weighted by Crippen LogP contribution is 2.20. The van der Waals surface area contributed by atoms with Crippen molar-refractivity contribution in [3.05, 3.63) is 54.6 Å². The molecule has 0 amide bonds. The largest absolute Gasteiger partial charge is 0.454 e. The minimum absolute atomic E-state index is 0.484. The summed E-state index contributed by atoms with van der Waals surface area (Å²) in [4.78, 5) is 8.23. The maximum Gasteiger partial charge on any atom is 0.146 e. The van der Waals surface area contributed by atoms with Crippen molar-refractivity contribution in [2.24, 2.45) is 0 Å². The van der Waals surface area contributed by atoms with Crippen LogP contribution in [0.15, 0.2) is 49.1 Å². The number of nitrogens with one attached hydrogen (secondary N) is 1. The number of hydrogen-bond acceptors (Lipinski definition) is 4. The number of nitrogens with zero attached hydrogens (tertiary/aromatic N) is 2. The van der Waals surface area contributed by atoms with E-state index in [1.165, 1.54) is 12.8 Å². The summed E-state index contributed by atoms with van der Waals surface area (Å²) in [7, 11) is 0. The van der Waals surface area contributed by atoms with Crippen LogP contribution in [0.3, 0.4) is 0 Å². The van der Waals surface area contributed by atoms with E-state index in [0.29, 0.717) is 11.8 Å². The fourth-order valence-electron chi connectivity index (χ4n) is 2.23. The summed E-state index contributed by atoms with van der Waals surface area (Å²) in [6, 6.07) is 6.18. The summed E-state index contributed by atoms with van der Waals surface area (Å²) in [5.74, 6) is 1.44. The van der Waals surface area contributed by atoms with Crippen LogP contribution in [0.2, 0.25) is 0 Å². The van der Waals surface area contributed by atoms with Gasteiger partial charge in [-0.2, -0.15) is 0 Å². The number of aromatic nitrogens is 2. The van der Waals surface area contributed by atoms with E-state index < -0.39 is 0 Å². The Morgan fingerprint density at radius 2 is 2.15 bits per heavy atom. The van der Waals surface area contributed by atoms with Crippen LogP contribution in [0.4, 0.5) is 0 Å².